The van der Waals surface area contributed by atoms with E-state index in [1.165, 1.54) is 30.6 Å². The van der Waals surface area contributed by atoms with E-state index in [2.05, 4.69) is 58.2 Å². The van der Waals surface area contributed by atoms with Gasteiger partial charge in [-0.25, -0.2) is 0 Å². The minimum Gasteiger partial charge on any atom is -0.389 e. The number of fused-ring (bicyclic) bond motifs is 1. The number of rotatable bonds is 6. The molecule has 25 heavy (non-hydrogen) atoms. The van der Waals surface area contributed by atoms with Gasteiger partial charge in [0.05, 0.1) is 23.5 Å². The molecule has 2 atom stereocenters. The molecule has 1 radical (unpaired) electrons. The van der Waals surface area contributed by atoms with Gasteiger partial charge in [-0.1, -0.05) is 42.5 Å². The molecule has 1 heterocycles. The van der Waals surface area contributed by atoms with E-state index in [0.717, 1.165) is 5.56 Å². The molecule has 1 aliphatic heterocycles. The molecule has 0 aromatic heterocycles. The van der Waals surface area contributed by atoms with Crippen LogP contribution in [0.25, 0.3) is 0 Å². The first-order valence-corrected chi connectivity index (χ1v) is 9.18. The monoisotopic (exact) mass is 336 g/mol. The Hall–Kier alpha value is -2.04. The van der Waals surface area contributed by atoms with Crippen LogP contribution in [0.5, 0.6) is 0 Å². The van der Waals surface area contributed by atoms with E-state index < -0.39 is 6.10 Å². The quantitative estimate of drug-likeness (QED) is 0.849. The fourth-order valence-corrected chi connectivity index (χ4v) is 3.88. The summed E-state index contributed by atoms with van der Waals surface area (Å²) in [6, 6.07) is 19.3. The molecule has 4 heteroatoms. The van der Waals surface area contributed by atoms with E-state index in [9.17, 15) is 5.11 Å². The maximum atomic E-state index is 10.9. The van der Waals surface area contributed by atoms with Crippen LogP contribution in [0, 0.1) is 6.67 Å². The normalized spacial score (nSPS) is 19.4. The average molecular weight is 336 g/mol. The minimum absolute atomic E-state index is 0.111. The van der Waals surface area contributed by atoms with Crippen molar-refractivity contribution < 1.29 is 5.11 Å². The SMILES string of the molecule is CNCC(O)C(c1ccccc1)N1[CH]N(C2CCC2)c2ccccc21. The van der Waals surface area contributed by atoms with Crippen molar-refractivity contribution in [3.05, 3.63) is 66.8 Å². The predicted molar refractivity (Wildman–Crippen MR) is 102 cm³/mol. The molecular formula is C21H26N3O. The van der Waals surface area contributed by atoms with Gasteiger partial charge in [0.25, 0.3) is 0 Å². The van der Waals surface area contributed by atoms with E-state index in [4.69, 9.17) is 0 Å². The van der Waals surface area contributed by atoms with E-state index >= 15 is 0 Å². The van der Waals surface area contributed by atoms with Crippen LogP contribution in [0.1, 0.15) is 30.9 Å². The summed E-state index contributed by atoms with van der Waals surface area (Å²) in [6.07, 6.45) is 3.29. The van der Waals surface area contributed by atoms with Crippen LogP contribution in [-0.4, -0.2) is 30.8 Å². The molecule has 2 unspecified atom stereocenters. The van der Waals surface area contributed by atoms with Crippen molar-refractivity contribution in [1.29, 1.82) is 0 Å². The van der Waals surface area contributed by atoms with Crippen LogP contribution in [-0.2, 0) is 0 Å². The van der Waals surface area contributed by atoms with Gasteiger partial charge < -0.3 is 20.2 Å². The second-order valence-electron chi connectivity index (χ2n) is 6.98. The van der Waals surface area contributed by atoms with Crippen LogP contribution >= 0.6 is 0 Å². The largest absolute Gasteiger partial charge is 0.389 e. The van der Waals surface area contributed by atoms with Crippen molar-refractivity contribution in [2.45, 2.75) is 37.5 Å². The molecule has 0 bridgehead atoms. The zero-order valence-electron chi connectivity index (χ0n) is 14.7. The first kappa shape index (κ1) is 16.4. The van der Waals surface area contributed by atoms with E-state index in [0.29, 0.717) is 12.6 Å². The maximum absolute atomic E-state index is 10.9. The molecule has 4 rings (SSSR count). The standard InChI is InChI=1S/C21H26N3O/c1-22-14-20(25)21(16-8-3-2-4-9-16)24-15-23(17-10-7-11-17)18-12-5-6-13-19(18)24/h2-6,8-9,12-13,15,17,20-22,25H,7,10-11,14H2,1H3. The first-order valence-electron chi connectivity index (χ1n) is 9.18. The molecule has 0 spiro atoms. The average Bonchev–Trinajstić information content (AvgIpc) is 2.94. The van der Waals surface area contributed by atoms with Gasteiger partial charge in [0.1, 0.15) is 6.67 Å². The summed E-state index contributed by atoms with van der Waals surface area (Å²) in [5.74, 6) is 0. The lowest BCUT2D eigenvalue weighted by Crippen LogP contribution is -2.43. The van der Waals surface area contributed by atoms with Gasteiger partial charge in [-0.15, -0.1) is 0 Å². The molecule has 131 valence electrons. The highest BCUT2D eigenvalue weighted by Crippen LogP contribution is 2.46. The number of hydrogen-bond acceptors (Lipinski definition) is 4. The highest BCUT2D eigenvalue weighted by Gasteiger charge is 2.39. The Labute approximate surface area is 150 Å². The molecule has 1 aliphatic carbocycles. The van der Waals surface area contributed by atoms with Gasteiger partial charge >= 0.3 is 0 Å². The van der Waals surface area contributed by atoms with Gasteiger partial charge in [0.2, 0.25) is 0 Å². The third kappa shape index (κ3) is 3.00. The Morgan fingerprint density at radius 3 is 2.36 bits per heavy atom. The number of hydrogen-bond donors (Lipinski definition) is 2. The summed E-state index contributed by atoms with van der Waals surface area (Å²) < 4.78 is 0. The fourth-order valence-electron chi connectivity index (χ4n) is 3.88. The maximum Gasteiger partial charge on any atom is 0.143 e. The Morgan fingerprint density at radius 1 is 1.04 bits per heavy atom. The Bertz CT molecular complexity index is 701. The van der Waals surface area contributed by atoms with Crippen molar-refractivity contribution in [1.82, 2.24) is 5.32 Å². The van der Waals surface area contributed by atoms with E-state index in [-0.39, 0.29) is 6.04 Å². The van der Waals surface area contributed by atoms with Crippen LogP contribution in [0.15, 0.2) is 54.6 Å². The molecule has 2 aliphatic rings. The lowest BCUT2D eigenvalue weighted by atomic mass is 9.91. The summed E-state index contributed by atoms with van der Waals surface area (Å²) in [5.41, 5.74) is 3.56. The zero-order valence-corrected chi connectivity index (χ0v) is 14.7. The fraction of sp³-hybridized carbons (Fsp3) is 0.381. The van der Waals surface area contributed by atoms with Crippen molar-refractivity contribution in [3.63, 3.8) is 0 Å². The van der Waals surface area contributed by atoms with Crippen molar-refractivity contribution in [2.24, 2.45) is 0 Å². The van der Waals surface area contributed by atoms with Gasteiger partial charge in [0, 0.05) is 12.6 Å². The van der Waals surface area contributed by atoms with Crippen LogP contribution < -0.4 is 15.1 Å². The third-order valence-corrected chi connectivity index (χ3v) is 5.37. The highest BCUT2D eigenvalue weighted by molar-refractivity contribution is 5.80. The third-order valence-electron chi connectivity index (χ3n) is 5.37. The first-order chi connectivity index (χ1) is 12.3. The van der Waals surface area contributed by atoms with E-state index in [1.807, 2.05) is 25.2 Å². The summed E-state index contributed by atoms with van der Waals surface area (Å²) in [7, 11) is 1.88. The number of aliphatic hydroxyl groups excluding tert-OH is 1. The molecule has 1 saturated carbocycles. The van der Waals surface area contributed by atoms with Crippen LogP contribution in [0.2, 0.25) is 0 Å². The molecular weight excluding hydrogens is 310 g/mol. The summed E-state index contributed by atoms with van der Waals surface area (Å²) in [4.78, 5) is 4.66. The minimum atomic E-state index is -0.502. The van der Waals surface area contributed by atoms with E-state index in [1.54, 1.807) is 0 Å². The number of nitrogens with zero attached hydrogens (tertiary/aromatic N) is 2. The second-order valence-corrected chi connectivity index (χ2v) is 6.98. The molecule has 0 saturated heterocycles. The molecule has 2 N–H and O–H groups in total. The lowest BCUT2D eigenvalue weighted by Gasteiger charge is -2.38. The molecule has 2 aromatic carbocycles. The number of para-hydroxylation sites is 2. The smallest absolute Gasteiger partial charge is 0.143 e. The van der Waals surface area contributed by atoms with Gasteiger partial charge in [-0.3, -0.25) is 0 Å². The Morgan fingerprint density at radius 2 is 1.72 bits per heavy atom. The van der Waals surface area contributed by atoms with Gasteiger partial charge in [-0.2, -0.15) is 0 Å². The Balaban J connectivity index is 1.71. The molecule has 2 aromatic rings. The van der Waals surface area contributed by atoms with Crippen molar-refractivity contribution >= 4 is 11.4 Å². The van der Waals surface area contributed by atoms with Crippen LogP contribution in [0.3, 0.4) is 0 Å². The Kier molecular flexibility index (Phi) is 4.64. The van der Waals surface area contributed by atoms with Gasteiger partial charge in [0.15, 0.2) is 0 Å². The zero-order chi connectivity index (χ0) is 17.2. The summed E-state index contributed by atoms with van der Waals surface area (Å²) in [5, 5.41) is 14.0. The summed E-state index contributed by atoms with van der Waals surface area (Å²) in [6.45, 7) is 2.76. The van der Waals surface area contributed by atoms with Crippen molar-refractivity contribution in [3.8, 4) is 0 Å². The molecule has 0 amide bonds. The number of anilines is 2. The topological polar surface area (TPSA) is 38.7 Å². The van der Waals surface area contributed by atoms with Gasteiger partial charge in [-0.05, 0) is 44.0 Å². The second kappa shape index (κ2) is 7.06. The highest BCUT2D eigenvalue weighted by atomic mass is 16.3. The summed E-state index contributed by atoms with van der Waals surface area (Å²) >= 11 is 0. The van der Waals surface area contributed by atoms with Crippen LogP contribution in [0.4, 0.5) is 11.4 Å². The molecule has 1 fully saturated rings. The van der Waals surface area contributed by atoms with Crippen molar-refractivity contribution in [2.75, 3.05) is 23.4 Å². The lowest BCUT2D eigenvalue weighted by molar-refractivity contribution is 0.143. The number of aliphatic hydroxyl groups is 1. The number of benzene rings is 2. The predicted octanol–water partition coefficient (Wildman–Crippen LogP) is 3.31. The number of nitrogens with one attached hydrogen (secondary N) is 1. The molecule has 4 nitrogen and oxygen atoms in total. The number of likely N-dealkylation sites (N-methyl/N-ethyl adjacent to an activating group) is 1.